The summed E-state index contributed by atoms with van der Waals surface area (Å²) in [6.45, 7) is 5.43. The fourth-order valence-corrected chi connectivity index (χ4v) is 3.92. The summed E-state index contributed by atoms with van der Waals surface area (Å²) in [5.74, 6) is 0.358. The summed E-state index contributed by atoms with van der Waals surface area (Å²) < 4.78 is 6.01. The van der Waals surface area contributed by atoms with Crippen LogP contribution in [0.3, 0.4) is 0 Å². The molecule has 5 heteroatoms. The van der Waals surface area contributed by atoms with Crippen molar-refractivity contribution in [3.8, 4) is 0 Å². The molecule has 1 atom stereocenters. The van der Waals surface area contributed by atoms with Gasteiger partial charge in [0.05, 0.1) is 18.6 Å². The molecule has 0 radical (unpaired) electrons. The van der Waals surface area contributed by atoms with Gasteiger partial charge in [0.2, 0.25) is 11.8 Å². The summed E-state index contributed by atoms with van der Waals surface area (Å²) in [6, 6.07) is 10.2. The lowest BCUT2D eigenvalue weighted by Gasteiger charge is -2.37. The Hall–Kier alpha value is -1.88. The van der Waals surface area contributed by atoms with E-state index >= 15 is 0 Å². The van der Waals surface area contributed by atoms with E-state index in [1.807, 2.05) is 34.9 Å². The molecule has 0 spiro atoms. The lowest BCUT2D eigenvalue weighted by Crippen LogP contribution is -2.49. The van der Waals surface area contributed by atoms with E-state index in [1.54, 1.807) is 0 Å². The van der Waals surface area contributed by atoms with Gasteiger partial charge in [-0.15, -0.1) is 0 Å². The molecule has 3 rings (SSSR count). The van der Waals surface area contributed by atoms with E-state index in [1.165, 1.54) is 5.56 Å². The molecule has 0 bridgehead atoms. The standard InChI is InChI=1S/C21H30N2O3/c1-2-20(24)23-12-6-9-18(15-23)21(25)22-13-10-19(11-14-22)26-16-17-7-4-3-5-8-17/h3-5,7-8,18-19H,2,6,9-16H2,1H3/t18-/m0/s1. The molecule has 2 heterocycles. The van der Waals surface area contributed by atoms with Crippen LogP contribution in [0.15, 0.2) is 30.3 Å². The first-order chi connectivity index (χ1) is 12.7. The van der Waals surface area contributed by atoms with Gasteiger partial charge in [0.25, 0.3) is 0 Å². The molecule has 26 heavy (non-hydrogen) atoms. The van der Waals surface area contributed by atoms with Crippen molar-refractivity contribution in [2.45, 2.75) is 51.7 Å². The van der Waals surface area contributed by atoms with E-state index in [0.29, 0.717) is 19.6 Å². The van der Waals surface area contributed by atoms with Crippen LogP contribution in [0.4, 0.5) is 0 Å². The number of likely N-dealkylation sites (tertiary alicyclic amines) is 2. The number of nitrogens with zero attached hydrogens (tertiary/aromatic N) is 2. The van der Waals surface area contributed by atoms with Gasteiger partial charge in [-0.25, -0.2) is 0 Å². The topological polar surface area (TPSA) is 49.9 Å². The Kier molecular flexibility index (Phi) is 6.67. The number of ether oxygens (including phenoxy) is 1. The van der Waals surface area contributed by atoms with Crippen LogP contribution in [0, 0.1) is 5.92 Å². The number of hydrogen-bond donors (Lipinski definition) is 0. The van der Waals surface area contributed by atoms with Gasteiger partial charge in [0.1, 0.15) is 0 Å². The van der Waals surface area contributed by atoms with E-state index in [0.717, 1.165) is 45.3 Å². The highest BCUT2D eigenvalue weighted by Crippen LogP contribution is 2.23. The molecule has 0 N–H and O–H groups in total. The average molecular weight is 358 g/mol. The Morgan fingerprint density at radius 3 is 2.46 bits per heavy atom. The molecule has 2 aliphatic heterocycles. The molecule has 2 saturated heterocycles. The zero-order valence-electron chi connectivity index (χ0n) is 15.7. The first-order valence-corrected chi connectivity index (χ1v) is 9.89. The summed E-state index contributed by atoms with van der Waals surface area (Å²) in [7, 11) is 0. The van der Waals surface area contributed by atoms with E-state index < -0.39 is 0 Å². The maximum atomic E-state index is 12.8. The highest BCUT2D eigenvalue weighted by atomic mass is 16.5. The molecule has 2 aliphatic rings. The van der Waals surface area contributed by atoms with Crippen molar-refractivity contribution >= 4 is 11.8 Å². The van der Waals surface area contributed by atoms with E-state index in [2.05, 4.69) is 12.1 Å². The molecule has 2 amide bonds. The van der Waals surface area contributed by atoms with Crippen molar-refractivity contribution in [3.05, 3.63) is 35.9 Å². The van der Waals surface area contributed by atoms with Crippen LogP contribution in [0.1, 0.15) is 44.6 Å². The van der Waals surface area contributed by atoms with Crippen LogP contribution in [0.2, 0.25) is 0 Å². The predicted molar refractivity (Wildman–Crippen MR) is 100 cm³/mol. The third kappa shape index (κ3) is 4.85. The number of carbonyl (C=O) groups is 2. The molecule has 5 nitrogen and oxygen atoms in total. The molecule has 2 fully saturated rings. The van der Waals surface area contributed by atoms with E-state index in [9.17, 15) is 9.59 Å². The quantitative estimate of drug-likeness (QED) is 0.813. The summed E-state index contributed by atoms with van der Waals surface area (Å²) in [5, 5.41) is 0. The van der Waals surface area contributed by atoms with Gasteiger partial charge in [0, 0.05) is 32.6 Å². The van der Waals surface area contributed by atoms with E-state index in [-0.39, 0.29) is 23.8 Å². The van der Waals surface area contributed by atoms with Crippen molar-refractivity contribution in [3.63, 3.8) is 0 Å². The number of rotatable bonds is 5. The summed E-state index contributed by atoms with van der Waals surface area (Å²) in [5.41, 5.74) is 1.19. The lowest BCUT2D eigenvalue weighted by atomic mass is 9.95. The molecule has 0 aromatic heterocycles. The third-order valence-corrected chi connectivity index (χ3v) is 5.51. The lowest BCUT2D eigenvalue weighted by molar-refractivity contribution is -0.142. The Labute approximate surface area is 156 Å². The number of amides is 2. The van der Waals surface area contributed by atoms with Crippen LogP contribution in [0.5, 0.6) is 0 Å². The Morgan fingerprint density at radius 1 is 1.04 bits per heavy atom. The van der Waals surface area contributed by atoms with Gasteiger partial charge in [-0.1, -0.05) is 37.3 Å². The highest BCUT2D eigenvalue weighted by Gasteiger charge is 2.32. The molecule has 1 aromatic rings. The second kappa shape index (κ2) is 9.17. The summed E-state index contributed by atoms with van der Waals surface area (Å²) in [6.07, 6.45) is 4.36. The third-order valence-electron chi connectivity index (χ3n) is 5.51. The largest absolute Gasteiger partial charge is 0.373 e. The minimum atomic E-state index is -0.0268. The average Bonchev–Trinajstić information content (AvgIpc) is 2.72. The molecular formula is C21H30N2O3. The first kappa shape index (κ1) is 18.9. The second-order valence-corrected chi connectivity index (χ2v) is 7.35. The zero-order valence-corrected chi connectivity index (χ0v) is 15.7. The Morgan fingerprint density at radius 2 is 1.77 bits per heavy atom. The van der Waals surface area contributed by atoms with Crippen LogP contribution in [0.25, 0.3) is 0 Å². The Bertz CT molecular complexity index is 597. The molecule has 142 valence electrons. The van der Waals surface area contributed by atoms with Crippen molar-refractivity contribution in [2.75, 3.05) is 26.2 Å². The maximum absolute atomic E-state index is 12.8. The van der Waals surface area contributed by atoms with Gasteiger partial charge in [-0.3, -0.25) is 9.59 Å². The predicted octanol–water partition coefficient (Wildman–Crippen LogP) is 2.84. The van der Waals surface area contributed by atoms with Crippen LogP contribution < -0.4 is 0 Å². The van der Waals surface area contributed by atoms with Crippen LogP contribution in [-0.2, 0) is 20.9 Å². The van der Waals surface area contributed by atoms with Gasteiger partial charge < -0.3 is 14.5 Å². The van der Waals surface area contributed by atoms with Crippen LogP contribution in [-0.4, -0.2) is 53.9 Å². The minimum absolute atomic E-state index is 0.0268. The monoisotopic (exact) mass is 358 g/mol. The molecule has 1 aromatic carbocycles. The second-order valence-electron chi connectivity index (χ2n) is 7.35. The zero-order chi connectivity index (χ0) is 18.4. The molecule has 0 aliphatic carbocycles. The van der Waals surface area contributed by atoms with Crippen molar-refractivity contribution in [1.29, 1.82) is 0 Å². The van der Waals surface area contributed by atoms with Crippen LogP contribution >= 0.6 is 0 Å². The smallest absolute Gasteiger partial charge is 0.227 e. The van der Waals surface area contributed by atoms with Crippen molar-refractivity contribution in [2.24, 2.45) is 5.92 Å². The van der Waals surface area contributed by atoms with Gasteiger partial charge >= 0.3 is 0 Å². The number of piperidine rings is 2. The molecule has 0 unspecified atom stereocenters. The van der Waals surface area contributed by atoms with E-state index in [4.69, 9.17) is 4.74 Å². The Balaban J connectivity index is 1.44. The van der Waals surface area contributed by atoms with Gasteiger partial charge in [-0.2, -0.15) is 0 Å². The normalized spacial score (nSPS) is 21.7. The molecule has 0 saturated carbocycles. The highest BCUT2D eigenvalue weighted by molar-refractivity contribution is 5.81. The fraction of sp³-hybridized carbons (Fsp3) is 0.619. The van der Waals surface area contributed by atoms with Crippen molar-refractivity contribution < 1.29 is 14.3 Å². The summed E-state index contributed by atoms with van der Waals surface area (Å²) >= 11 is 0. The summed E-state index contributed by atoms with van der Waals surface area (Å²) in [4.78, 5) is 28.6. The fourth-order valence-electron chi connectivity index (χ4n) is 3.92. The molecular weight excluding hydrogens is 328 g/mol. The van der Waals surface area contributed by atoms with Gasteiger partial charge in [-0.05, 0) is 31.2 Å². The number of hydrogen-bond acceptors (Lipinski definition) is 3. The number of benzene rings is 1. The number of carbonyl (C=O) groups excluding carboxylic acids is 2. The maximum Gasteiger partial charge on any atom is 0.227 e. The first-order valence-electron chi connectivity index (χ1n) is 9.89. The van der Waals surface area contributed by atoms with Crippen molar-refractivity contribution in [1.82, 2.24) is 9.80 Å². The minimum Gasteiger partial charge on any atom is -0.373 e. The van der Waals surface area contributed by atoms with Gasteiger partial charge in [0.15, 0.2) is 0 Å². The SMILES string of the molecule is CCC(=O)N1CCC[C@H](C(=O)N2CCC(OCc3ccccc3)CC2)C1.